The van der Waals surface area contributed by atoms with Gasteiger partial charge in [-0.15, -0.1) is 0 Å². The van der Waals surface area contributed by atoms with Gasteiger partial charge in [0.1, 0.15) is 5.75 Å². The van der Waals surface area contributed by atoms with E-state index in [1.54, 1.807) is 25.3 Å². The molecule has 3 N–H and O–H groups in total. The standard InChI is InChI=1S/C27H36N8O4S/c1-33-14-16-35(17-15-33)19-10-12-34(13-11-19)20-8-9-21(23(18-20)39-2)28-25-30-26(32-27(36)31-25)29-22-6-4-5-7-24(22)40(3,37)38/h4-9,18-19H,10-17H2,1-3H3,(H3,28,29,30,31,32,36). The molecule has 0 atom stereocenters. The van der Waals surface area contributed by atoms with E-state index in [9.17, 15) is 13.2 Å². The molecule has 0 amide bonds. The van der Waals surface area contributed by atoms with Gasteiger partial charge in [-0.3, -0.25) is 9.88 Å². The number of anilines is 5. The van der Waals surface area contributed by atoms with E-state index in [1.165, 1.54) is 6.07 Å². The molecule has 3 heterocycles. The van der Waals surface area contributed by atoms with Crippen molar-refractivity contribution in [2.75, 3.05) is 75.2 Å². The molecule has 0 aliphatic carbocycles. The molecule has 13 heteroatoms. The molecule has 3 aromatic rings. The molecule has 2 saturated heterocycles. The number of piperazine rings is 1. The minimum absolute atomic E-state index is 0.0406. The van der Waals surface area contributed by atoms with Crippen molar-refractivity contribution in [3.05, 3.63) is 52.9 Å². The number of ether oxygens (including phenoxy) is 1. The van der Waals surface area contributed by atoms with Crippen LogP contribution in [0.1, 0.15) is 12.8 Å². The molecule has 2 aromatic carbocycles. The van der Waals surface area contributed by atoms with E-state index in [0.29, 0.717) is 17.5 Å². The van der Waals surface area contributed by atoms with E-state index in [4.69, 9.17) is 4.74 Å². The molecule has 5 rings (SSSR count). The van der Waals surface area contributed by atoms with Crippen LogP contribution in [-0.2, 0) is 9.84 Å². The maximum atomic E-state index is 12.3. The minimum atomic E-state index is -3.50. The van der Waals surface area contributed by atoms with Gasteiger partial charge in [-0.2, -0.15) is 9.97 Å². The molecule has 0 bridgehead atoms. The zero-order valence-electron chi connectivity index (χ0n) is 23.1. The van der Waals surface area contributed by atoms with Crippen LogP contribution in [0.3, 0.4) is 0 Å². The second kappa shape index (κ2) is 11.8. The number of hydrogen-bond acceptors (Lipinski definition) is 11. The molecule has 2 fully saturated rings. The molecule has 1 aromatic heterocycles. The van der Waals surface area contributed by atoms with Gasteiger partial charge < -0.3 is 25.2 Å². The number of H-pyrrole nitrogens is 1. The van der Waals surface area contributed by atoms with E-state index in [2.05, 4.69) is 47.3 Å². The predicted molar refractivity (Wildman–Crippen MR) is 156 cm³/mol. The number of benzene rings is 2. The highest BCUT2D eigenvalue weighted by Crippen LogP contribution is 2.33. The number of rotatable bonds is 8. The number of aromatic amines is 1. The quantitative estimate of drug-likeness (QED) is 0.369. The van der Waals surface area contributed by atoms with Crippen LogP contribution in [0, 0.1) is 0 Å². The summed E-state index contributed by atoms with van der Waals surface area (Å²) in [7, 11) is 0.285. The summed E-state index contributed by atoms with van der Waals surface area (Å²) in [4.78, 5) is 30.5. The fourth-order valence-corrected chi connectivity index (χ4v) is 6.14. The van der Waals surface area contributed by atoms with Crippen molar-refractivity contribution < 1.29 is 13.2 Å². The van der Waals surface area contributed by atoms with Crippen molar-refractivity contribution in [2.24, 2.45) is 0 Å². The largest absolute Gasteiger partial charge is 0.494 e. The van der Waals surface area contributed by atoms with Gasteiger partial charge in [0.2, 0.25) is 11.9 Å². The van der Waals surface area contributed by atoms with Crippen LogP contribution in [-0.4, -0.2) is 98.9 Å². The van der Waals surface area contributed by atoms with Gasteiger partial charge in [0, 0.05) is 63.3 Å². The average Bonchev–Trinajstić information content (AvgIpc) is 2.93. The first-order chi connectivity index (χ1) is 19.2. The van der Waals surface area contributed by atoms with Gasteiger partial charge >= 0.3 is 5.69 Å². The lowest BCUT2D eigenvalue weighted by Crippen LogP contribution is -2.52. The Morgan fingerprint density at radius 1 is 0.950 bits per heavy atom. The van der Waals surface area contributed by atoms with Gasteiger partial charge in [0.05, 0.1) is 23.4 Å². The number of nitrogens with zero attached hydrogens (tertiary/aromatic N) is 5. The molecule has 2 aliphatic rings. The number of methoxy groups -OCH3 is 1. The highest BCUT2D eigenvalue weighted by Gasteiger charge is 2.27. The third-order valence-corrected chi connectivity index (χ3v) is 8.66. The minimum Gasteiger partial charge on any atom is -0.494 e. The number of sulfone groups is 1. The van der Waals surface area contributed by atoms with Crippen LogP contribution in [0.4, 0.5) is 29.0 Å². The second-order valence-electron chi connectivity index (χ2n) is 10.3. The number of likely N-dealkylation sites (N-methyl/N-ethyl adjacent to an activating group) is 1. The van der Waals surface area contributed by atoms with Gasteiger partial charge in [0.25, 0.3) is 0 Å². The smallest absolute Gasteiger partial charge is 0.351 e. The number of para-hydroxylation sites is 1. The van der Waals surface area contributed by atoms with Crippen LogP contribution in [0.2, 0.25) is 0 Å². The summed E-state index contributed by atoms with van der Waals surface area (Å²) in [5, 5.41) is 5.95. The Bertz CT molecular complexity index is 1500. The molecule has 12 nitrogen and oxygen atoms in total. The molecule has 214 valence electrons. The molecule has 2 aliphatic heterocycles. The van der Waals surface area contributed by atoms with Gasteiger partial charge in [-0.25, -0.2) is 13.2 Å². The maximum absolute atomic E-state index is 12.3. The highest BCUT2D eigenvalue weighted by atomic mass is 32.2. The number of aromatic nitrogens is 3. The SMILES string of the molecule is COc1cc(N2CCC(N3CCN(C)CC3)CC2)ccc1Nc1nc(Nc2ccccc2S(C)(=O)=O)nc(=O)[nH]1. The summed E-state index contributed by atoms with van der Waals surface area (Å²) in [6, 6.07) is 12.9. The molecule has 0 spiro atoms. The number of hydrogen-bond donors (Lipinski definition) is 3. The second-order valence-corrected chi connectivity index (χ2v) is 12.3. The number of nitrogens with one attached hydrogen (secondary N) is 3. The Labute approximate surface area is 234 Å². The summed E-state index contributed by atoms with van der Waals surface area (Å²) < 4.78 is 30.0. The molecular weight excluding hydrogens is 532 g/mol. The lowest BCUT2D eigenvalue weighted by Gasteiger charge is -2.42. The van der Waals surface area contributed by atoms with Crippen LogP contribution in [0.15, 0.2) is 52.2 Å². The third-order valence-electron chi connectivity index (χ3n) is 7.51. The fraction of sp³-hybridized carbons (Fsp3) is 0.444. The zero-order valence-corrected chi connectivity index (χ0v) is 23.9. The lowest BCUT2D eigenvalue weighted by atomic mass is 10.0. The van der Waals surface area contributed by atoms with Crippen LogP contribution in [0.5, 0.6) is 5.75 Å². The Hall–Kier alpha value is -3.68. The van der Waals surface area contributed by atoms with Crippen molar-refractivity contribution in [1.82, 2.24) is 24.8 Å². The van der Waals surface area contributed by atoms with Crippen LogP contribution in [0.25, 0.3) is 0 Å². The summed E-state index contributed by atoms with van der Waals surface area (Å²) in [5.41, 5.74) is 1.33. The Balaban J connectivity index is 1.28. The van der Waals surface area contributed by atoms with Gasteiger partial charge in [0.15, 0.2) is 9.84 Å². The Morgan fingerprint density at radius 2 is 1.68 bits per heavy atom. The molecule has 0 radical (unpaired) electrons. The maximum Gasteiger partial charge on any atom is 0.351 e. The van der Waals surface area contributed by atoms with Gasteiger partial charge in [-0.05, 0) is 44.2 Å². The van der Waals surface area contributed by atoms with Crippen molar-refractivity contribution in [3.8, 4) is 5.75 Å². The van der Waals surface area contributed by atoms with Crippen molar-refractivity contribution in [3.63, 3.8) is 0 Å². The van der Waals surface area contributed by atoms with E-state index in [1.807, 2.05) is 18.2 Å². The van der Waals surface area contributed by atoms with Gasteiger partial charge in [-0.1, -0.05) is 12.1 Å². The molecular formula is C27H36N8O4S. The van der Waals surface area contributed by atoms with E-state index in [0.717, 1.165) is 64.1 Å². The van der Waals surface area contributed by atoms with E-state index < -0.39 is 15.5 Å². The zero-order chi connectivity index (χ0) is 28.3. The summed E-state index contributed by atoms with van der Waals surface area (Å²) >= 11 is 0. The molecule has 0 saturated carbocycles. The first kappa shape index (κ1) is 27.9. The predicted octanol–water partition coefficient (Wildman–Crippen LogP) is 2.28. The summed E-state index contributed by atoms with van der Waals surface area (Å²) in [5.74, 6) is 0.703. The molecule has 40 heavy (non-hydrogen) atoms. The van der Waals surface area contributed by atoms with Crippen molar-refractivity contribution >= 4 is 38.8 Å². The van der Waals surface area contributed by atoms with Crippen molar-refractivity contribution in [1.29, 1.82) is 0 Å². The van der Waals surface area contributed by atoms with E-state index >= 15 is 0 Å². The van der Waals surface area contributed by atoms with Crippen LogP contribution < -0.4 is 26.0 Å². The first-order valence-corrected chi connectivity index (χ1v) is 15.3. The first-order valence-electron chi connectivity index (χ1n) is 13.4. The lowest BCUT2D eigenvalue weighted by molar-refractivity contribution is 0.0982. The fourth-order valence-electron chi connectivity index (χ4n) is 5.30. The number of piperidine rings is 1. The van der Waals surface area contributed by atoms with Crippen LogP contribution >= 0.6 is 0 Å². The van der Waals surface area contributed by atoms with E-state index in [-0.39, 0.29) is 22.5 Å². The molecule has 0 unspecified atom stereocenters. The normalized spacial score (nSPS) is 17.5. The average molecular weight is 569 g/mol. The third kappa shape index (κ3) is 6.54. The highest BCUT2D eigenvalue weighted by molar-refractivity contribution is 7.90. The summed E-state index contributed by atoms with van der Waals surface area (Å²) in [6.07, 6.45) is 3.38. The summed E-state index contributed by atoms with van der Waals surface area (Å²) in [6.45, 7) is 6.51. The topological polar surface area (TPSA) is 136 Å². The Morgan fingerprint density at radius 3 is 2.38 bits per heavy atom. The monoisotopic (exact) mass is 568 g/mol. The van der Waals surface area contributed by atoms with Crippen molar-refractivity contribution in [2.45, 2.75) is 23.8 Å². The Kier molecular flexibility index (Phi) is 8.24.